The first kappa shape index (κ1) is 22.3. The van der Waals surface area contributed by atoms with Gasteiger partial charge in [0.05, 0.1) is 11.0 Å². The van der Waals surface area contributed by atoms with Gasteiger partial charge < -0.3 is 0 Å². The Morgan fingerprint density at radius 1 is 0.514 bits per heavy atom. The largest absolute Gasteiger partial charge is 0.287 e. The smallest absolute Gasteiger partial charge is 0.213 e. The molecule has 6 aromatic rings. The van der Waals surface area contributed by atoms with Gasteiger partial charge >= 0.3 is 0 Å². The lowest BCUT2D eigenvalue weighted by Crippen LogP contribution is -2.22. The minimum absolute atomic E-state index is 0.182. The average molecular weight is 479 g/mol. The van der Waals surface area contributed by atoms with Crippen molar-refractivity contribution in [2.24, 2.45) is 5.10 Å². The SMILES string of the molecule is O=C(C(=NN(c1ccc2ccccc2n1)c1ccc2ccccc2n1)c1ccccc1)c1ccccc1. The van der Waals surface area contributed by atoms with Gasteiger partial charge in [-0.25, -0.2) is 9.97 Å². The van der Waals surface area contributed by atoms with E-state index in [0.29, 0.717) is 28.5 Å². The van der Waals surface area contributed by atoms with E-state index in [1.165, 1.54) is 0 Å². The number of anilines is 2. The van der Waals surface area contributed by atoms with Crippen molar-refractivity contribution in [1.29, 1.82) is 0 Å². The third-order valence-corrected chi connectivity index (χ3v) is 6.10. The van der Waals surface area contributed by atoms with Crippen molar-refractivity contribution in [2.45, 2.75) is 0 Å². The molecule has 0 aliphatic rings. The number of benzene rings is 4. The lowest BCUT2D eigenvalue weighted by atomic mass is 10.0. The summed E-state index contributed by atoms with van der Waals surface area (Å²) in [6, 6.07) is 42.3. The van der Waals surface area contributed by atoms with Crippen LogP contribution in [0.25, 0.3) is 21.8 Å². The highest BCUT2D eigenvalue weighted by molar-refractivity contribution is 6.51. The molecule has 6 rings (SSSR count). The number of fused-ring (bicyclic) bond motifs is 2. The number of pyridine rings is 2. The number of hydrazone groups is 1. The van der Waals surface area contributed by atoms with Gasteiger partial charge in [-0.15, -0.1) is 0 Å². The number of para-hydroxylation sites is 2. The number of Topliss-reactive ketones (excluding diaryl/α,β-unsaturated/α-hetero) is 1. The number of carbonyl (C=O) groups excluding carboxylic acids is 1. The third-order valence-electron chi connectivity index (χ3n) is 6.10. The van der Waals surface area contributed by atoms with Crippen LogP contribution in [0.1, 0.15) is 15.9 Å². The molecule has 0 bridgehead atoms. The van der Waals surface area contributed by atoms with Crippen molar-refractivity contribution in [3.63, 3.8) is 0 Å². The zero-order valence-corrected chi connectivity index (χ0v) is 19.9. The summed E-state index contributed by atoms with van der Waals surface area (Å²) in [6.45, 7) is 0. The van der Waals surface area contributed by atoms with Gasteiger partial charge in [-0.1, -0.05) is 97.1 Å². The number of aromatic nitrogens is 2. The van der Waals surface area contributed by atoms with Crippen molar-refractivity contribution in [1.82, 2.24) is 9.97 Å². The minimum atomic E-state index is -0.182. The van der Waals surface area contributed by atoms with Gasteiger partial charge in [-0.05, 0) is 36.4 Å². The molecule has 0 N–H and O–H groups in total. The quantitative estimate of drug-likeness (QED) is 0.144. The summed E-state index contributed by atoms with van der Waals surface area (Å²) in [4.78, 5) is 23.5. The Balaban J connectivity index is 1.58. The highest BCUT2D eigenvalue weighted by Crippen LogP contribution is 2.28. The second-order valence-electron chi connectivity index (χ2n) is 8.55. The van der Waals surface area contributed by atoms with Crippen LogP contribution in [0.2, 0.25) is 0 Å². The van der Waals surface area contributed by atoms with Gasteiger partial charge in [0.25, 0.3) is 0 Å². The molecule has 0 atom stereocenters. The first-order valence-electron chi connectivity index (χ1n) is 12.0. The number of ketones is 1. The van der Waals surface area contributed by atoms with Crippen molar-refractivity contribution in [2.75, 3.05) is 5.01 Å². The first-order chi connectivity index (χ1) is 18.3. The fraction of sp³-hybridized carbons (Fsp3) is 0. The Morgan fingerprint density at radius 2 is 0.973 bits per heavy atom. The second kappa shape index (κ2) is 9.84. The maximum Gasteiger partial charge on any atom is 0.213 e. The van der Waals surface area contributed by atoms with Crippen LogP contribution in [-0.2, 0) is 0 Å². The van der Waals surface area contributed by atoms with E-state index in [9.17, 15) is 4.79 Å². The fourth-order valence-corrected chi connectivity index (χ4v) is 4.22. The average Bonchev–Trinajstić information content (AvgIpc) is 2.98. The van der Waals surface area contributed by atoms with Gasteiger partial charge in [0, 0.05) is 21.9 Å². The van der Waals surface area contributed by atoms with Gasteiger partial charge in [0.15, 0.2) is 11.6 Å². The van der Waals surface area contributed by atoms with Crippen LogP contribution in [0.3, 0.4) is 0 Å². The minimum Gasteiger partial charge on any atom is -0.287 e. The van der Waals surface area contributed by atoms with E-state index in [-0.39, 0.29) is 5.78 Å². The number of hydrogen-bond donors (Lipinski definition) is 0. The molecule has 4 aromatic carbocycles. The topological polar surface area (TPSA) is 58.5 Å². The maximum atomic E-state index is 13.8. The summed E-state index contributed by atoms with van der Waals surface area (Å²) in [5, 5.41) is 8.64. The van der Waals surface area contributed by atoms with E-state index >= 15 is 0 Å². The van der Waals surface area contributed by atoms with Crippen molar-refractivity contribution in [3.8, 4) is 0 Å². The highest BCUT2D eigenvalue weighted by Gasteiger charge is 2.21. The molecule has 0 amide bonds. The molecule has 0 saturated carbocycles. The van der Waals surface area contributed by atoms with E-state index in [0.717, 1.165) is 21.8 Å². The maximum absolute atomic E-state index is 13.8. The molecular formula is C32H22N4O. The molecule has 0 spiro atoms. The normalized spacial score (nSPS) is 11.5. The van der Waals surface area contributed by atoms with E-state index in [4.69, 9.17) is 15.1 Å². The molecule has 0 radical (unpaired) electrons. The Bertz CT molecular complexity index is 1670. The third kappa shape index (κ3) is 4.58. The number of hydrogen-bond acceptors (Lipinski definition) is 5. The lowest BCUT2D eigenvalue weighted by molar-refractivity contribution is 0.106. The molecule has 2 heterocycles. The number of rotatable bonds is 6. The monoisotopic (exact) mass is 478 g/mol. The Labute approximate surface area is 214 Å². The van der Waals surface area contributed by atoms with E-state index in [2.05, 4.69) is 0 Å². The highest BCUT2D eigenvalue weighted by atomic mass is 16.1. The van der Waals surface area contributed by atoms with E-state index in [1.54, 1.807) is 17.1 Å². The molecule has 5 heteroatoms. The lowest BCUT2D eigenvalue weighted by Gasteiger charge is -2.20. The molecular weight excluding hydrogens is 456 g/mol. The fourth-order valence-electron chi connectivity index (χ4n) is 4.22. The van der Waals surface area contributed by atoms with Crippen LogP contribution in [0.5, 0.6) is 0 Å². The van der Waals surface area contributed by atoms with Gasteiger partial charge in [0.1, 0.15) is 5.71 Å². The molecule has 0 aliphatic heterocycles. The molecule has 37 heavy (non-hydrogen) atoms. The van der Waals surface area contributed by atoms with Gasteiger partial charge in [-0.3, -0.25) is 4.79 Å². The summed E-state index contributed by atoms with van der Waals surface area (Å²) in [7, 11) is 0. The van der Waals surface area contributed by atoms with Crippen LogP contribution in [0.4, 0.5) is 11.6 Å². The Hall–Kier alpha value is -5.16. The Kier molecular flexibility index (Phi) is 5.93. The Morgan fingerprint density at radius 3 is 1.51 bits per heavy atom. The molecule has 0 aliphatic carbocycles. The van der Waals surface area contributed by atoms with Crippen LogP contribution in [0.15, 0.2) is 139 Å². The predicted octanol–water partition coefficient (Wildman–Crippen LogP) is 7.21. The molecule has 0 saturated heterocycles. The van der Waals surface area contributed by atoms with Crippen LogP contribution < -0.4 is 5.01 Å². The number of nitrogens with zero attached hydrogens (tertiary/aromatic N) is 4. The standard InChI is InChI=1S/C32H22N4O/c37-32(26-15-5-2-6-16-26)31(25-13-3-1-4-14-25)35-36(29-21-19-23-11-7-9-17-27(23)33-29)30-22-20-24-12-8-10-18-28(24)34-30/h1-22H. The van der Waals surface area contributed by atoms with Crippen molar-refractivity contribution in [3.05, 3.63) is 145 Å². The van der Waals surface area contributed by atoms with Gasteiger partial charge in [0.2, 0.25) is 5.78 Å². The summed E-state index contributed by atoms with van der Waals surface area (Å²) in [6.07, 6.45) is 0. The summed E-state index contributed by atoms with van der Waals surface area (Å²) >= 11 is 0. The zero-order chi connectivity index (χ0) is 25.0. The zero-order valence-electron chi connectivity index (χ0n) is 19.9. The first-order valence-corrected chi connectivity index (χ1v) is 12.0. The second-order valence-corrected chi connectivity index (χ2v) is 8.55. The molecule has 0 fully saturated rings. The van der Waals surface area contributed by atoms with E-state index in [1.807, 2.05) is 121 Å². The summed E-state index contributed by atoms with van der Waals surface area (Å²) in [5.41, 5.74) is 3.23. The summed E-state index contributed by atoms with van der Waals surface area (Å²) in [5.74, 6) is 0.949. The van der Waals surface area contributed by atoms with Crippen molar-refractivity contribution < 1.29 is 4.79 Å². The molecule has 176 valence electrons. The van der Waals surface area contributed by atoms with Gasteiger partial charge in [-0.2, -0.15) is 10.1 Å². The van der Waals surface area contributed by atoms with E-state index < -0.39 is 0 Å². The van der Waals surface area contributed by atoms with Crippen LogP contribution >= 0.6 is 0 Å². The molecule has 5 nitrogen and oxygen atoms in total. The predicted molar refractivity (Wildman–Crippen MR) is 149 cm³/mol. The van der Waals surface area contributed by atoms with Crippen molar-refractivity contribution >= 4 is 44.9 Å². The molecule has 0 unspecified atom stereocenters. The number of carbonyl (C=O) groups is 1. The van der Waals surface area contributed by atoms with Crippen LogP contribution in [0, 0.1) is 0 Å². The summed E-state index contributed by atoms with van der Waals surface area (Å²) < 4.78 is 0. The molecule has 2 aromatic heterocycles. The van der Waals surface area contributed by atoms with Crippen LogP contribution in [-0.4, -0.2) is 21.5 Å².